The second-order valence-corrected chi connectivity index (χ2v) is 7.04. The van der Waals surface area contributed by atoms with E-state index < -0.39 is 11.0 Å². The first-order valence-electron chi connectivity index (χ1n) is 9.10. The van der Waals surface area contributed by atoms with Crippen LogP contribution in [0.1, 0.15) is 17.5 Å². The Morgan fingerprint density at radius 1 is 1.18 bits per heavy atom. The Morgan fingerprint density at radius 3 is 2.64 bits per heavy atom. The summed E-state index contributed by atoms with van der Waals surface area (Å²) in [6.07, 6.45) is 0.987. The molecular weight excluding hydrogens is 362 g/mol. The average Bonchev–Trinajstić information content (AvgIpc) is 3.01. The standard InChI is InChI=1S/C20H19N3O5/c1-28-18-10-15(23(26)27)6-7-16(18)22-19(24)11-17(20(22)25)21-9-8-13-4-2-3-5-14(13)12-21/h2-7,10,17H,8-9,11-12H2,1H3/p+1/t17-/m0/s1. The first-order valence-corrected chi connectivity index (χ1v) is 9.10. The van der Waals surface area contributed by atoms with Gasteiger partial charge in [0.1, 0.15) is 12.3 Å². The lowest BCUT2D eigenvalue weighted by molar-refractivity contribution is -0.930. The summed E-state index contributed by atoms with van der Waals surface area (Å²) in [5.74, 6) is -0.462. The molecule has 144 valence electrons. The maximum Gasteiger partial charge on any atom is 0.292 e. The van der Waals surface area contributed by atoms with Crippen molar-refractivity contribution in [3.05, 3.63) is 63.7 Å². The minimum absolute atomic E-state index is 0.122. The van der Waals surface area contributed by atoms with Crippen LogP contribution in [0.5, 0.6) is 5.75 Å². The smallest absolute Gasteiger partial charge is 0.292 e. The number of methoxy groups -OCH3 is 1. The summed E-state index contributed by atoms with van der Waals surface area (Å²) in [6.45, 7) is 1.48. The lowest BCUT2D eigenvalue weighted by Gasteiger charge is -2.29. The molecule has 8 heteroatoms. The first kappa shape index (κ1) is 18.1. The van der Waals surface area contributed by atoms with Gasteiger partial charge in [-0.25, -0.2) is 4.90 Å². The van der Waals surface area contributed by atoms with Crippen LogP contribution in [0.4, 0.5) is 11.4 Å². The van der Waals surface area contributed by atoms with Gasteiger partial charge in [-0.1, -0.05) is 24.3 Å². The number of amides is 2. The molecule has 4 rings (SSSR count). The number of nitrogens with zero attached hydrogens (tertiary/aromatic N) is 2. The van der Waals surface area contributed by atoms with E-state index >= 15 is 0 Å². The van der Waals surface area contributed by atoms with Crippen LogP contribution in [0.15, 0.2) is 42.5 Å². The Kier molecular flexibility index (Phi) is 4.56. The number of imide groups is 1. The van der Waals surface area contributed by atoms with Gasteiger partial charge in [0, 0.05) is 18.1 Å². The number of carbonyl (C=O) groups is 2. The van der Waals surface area contributed by atoms with Gasteiger partial charge in [0.15, 0.2) is 6.04 Å². The van der Waals surface area contributed by atoms with E-state index in [1.165, 1.54) is 36.4 Å². The number of benzene rings is 2. The highest BCUT2D eigenvalue weighted by Crippen LogP contribution is 2.34. The molecule has 2 aromatic rings. The summed E-state index contributed by atoms with van der Waals surface area (Å²) in [5, 5.41) is 11.0. The molecule has 0 aromatic heterocycles. The summed E-state index contributed by atoms with van der Waals surface area (Å²) >= 11 is 0. The van der Waals surface area contributed by atoms with E-state index in [0.717, 1.165) is 22.8 Å². The lowest BCUT2D eigenvalue weighted by Crippen LogP contribution is -3.16. The molecule has 0 spiro atoms. The van der Waals surface area contributed by atoms with Crippen molar-refractivity contribution in [2.24, 2.45) is 0 Å². The molecule has 1 N–H and O–H groups in total. The first-order chi connectivity index (χ1) is 13.5. The van der Waals surface area contributed by atoms with Gasteiger partial charge < -0.3 is 9.64 Å². The van der Waals surface area contributed by atoms with Gasteiger partial charge in [0.25, 0.3) is 11.6 Å². The van der Waals surface area contributed by atoms with Crippen molar-refractivity contribution < 1.29 is 24.1 Å². The van der Waals surface area contributed by atoms with Gasteiger partial charge in [-0.2, -0.15) is 0 Å². The Balaban J connectivity index is 1.61. The van der Waals surface area contributed by atoms with Gasteiger partial charge in [-0.3, -0.25) is 19.7 Å². The van der Waals surface area contributed by atoms with E-state index in [2.05, 4.69) is 12.1 Å². The maximum atomic E-state index is 13.1. The lowest BCUT2D eigenvalue weighted by atomic mass is 9.98. The fraction of sp³-hybridized carbons (Fsp3) is 0.300. The second-order valence-electron chi connectivity index (χ2n) is 7.04. The van der Waals surface area contributed by atoms with Crippen LogP contribution in [0.25, 0.3) is 0 Å². The zero-order valence-corrected chi connectivity index (χ0v) is 15.4. The number of ether oxygens (including phenoxy) is 1. The van der Waals surface area contributed by atoms with Crippen LogP contribution >= 0.6 is 0 Å². The van der Waals surface area contributed by atoms with E-state index in [1.807, 2.05) is 12.1 Å². The largest absolute Gasteiger partial charge is 0.494 e. The molecule has 0 radical (unpaired) electrons. The number of fused-ring (bicyclic) bond motifs is 1. The second kappa shape index (κ2) is 7.05. The maximum absolute atomic E-state index is 13.1. The Morgan fingerprint density at radius 2 is 1.93 bits per heavy atom. The van der Waals surface area contributed by atoms with Crippen molar-refractivity contribution in [1.82, 2.24) is 0 Å². The Hall–Kier alpha value is -3.26. The quantitative estimate of drug-likeness (QED) is 0.481. The fourth-order valence-electron chi connectivity index (χ4n) is 4.07. The molecule has 2 amide bonds. The van der Waals surface area contributed by atoms with Crippen molar-refractivity contribution in [2.45, 2.75) is 25.4 Å². The molecule has 28 heavy (non-hydrogen) atoms. The van der Waals surface area contributed by atoms with Gasteiger partial charge in [-0.05, 0) is 11.6 Å². The van der Waals surface area contributed by atoms with E-state index in [4.69, 9.17) is 4.74 Å². The topological polar surface area (TPSA) is 94.2 Å². The number of hydrogen-bond donors (Lipinski definition) is 1. The summed E-state index contributed by atoms with van der Waals surface area (Å²) in [7, 11) is 1.36. The third-order valence-electron chi connectivity index (χ3n) is 5.51. The number of quaternary nitrogens is 1. The van der Waals surface area contributed by atoms with Crippen LogP contribution in [0.3, 0.4) is 0 Å². The zero-order chi connectivity index (χ0) is 19.8. The highest BCUT2D eigenvalue weighted by molar-refractivity contribution is 6.22. The summed E-state index contributed by atoms with van der Waals surface area (Å²) in [5.41, 5.74) is 2.59. The molecule has 1 unspecified atom stereocenters. The van der Waals surface area contributed by atoms with Crippen molar-refractivity contribution in [3.8, 4) is 5.75 Å². The molecule has 2 aromatic carbocycles. The van der Waals surface area contributed by atoms with Crippen LogP contribution < -0.4 is 14.5 Å². The minimum Gasteiger partial charge on any atom is -0.494 e. The van der Waals surface area contributed by atoms with Crippen LogP contribution in [-0.2, 0) is 22.6 Å². The Labute approximate surface area is 161 Å². The molecule has 8 nitrogen and oxygen atoms in total. The number of rotatable bonds is 4. The van der Waals surface area contributed by atoms with Crippen LogP contribution in [-0.4, -0.2) is 36.4 Å². The highest BCUT2D eigenvalue weighted by atomic mass is 16.6. The number of nitro groups is 1. The third kappa shape index (κ3) is 3.01. The Bertz CT molecular complexity index is 974. The molecule has 2 heterocycles. The molecule has 0 aliphatic carbocycles. The number of nitro benzene ring substituents is 1. The molecule has 1 fully saturated rings. The summed E-state index contributed by atoms with van der Waals surface area (Å²) < 4.78 is 5.22. The molecule has 0 saturated carbocycles. The van der Waals surface area contributed by atoms with Crippen molar-refractivity contribution in [1.29, 1.82) is 0 Å². The van der Waals surface area contributed by atoms with E-state index in [1.54, 1.807) is 0 Å². The molecule has 2 aliphatic heterocycles. The number of non-ortho nitro benzene ring substituents is 1. The normalized spacial score (nSPS) is 21.5. The fourth-order valence-corrected chi connectivity index (χ4v) is 4.07. The molecule has 1 saturated heterocycles. The molecule has 2 aliphatic rings. The minimum atomic E-state index is -0.544. The summed E-state index contributed by atoms with van der Waals surface area (Å²) in [6, 6.07) is 11.6. The predicted octanol–water partition coefficient (Wildman–Crippen LogP) is 0.876. The van der Waals surface area contributed by atoms with Crippen molar-refractivity contribution >= 4 is 23.2 Å². The zero-order valence-electron chi connectivity index (χ0n) is 15.4. The van der Waals surface area contributed by atoms with Crippen molar-refractivity contribution in [3.63, 3.8) is 0 Å². The van der Waals surface area contributed by atoms with E-state index in [-0.39, 0.29) is 35.4 Å². The van der Waals surface area contributed by atoms with Crippen molar-refractivity contribution in [2.75, 3.05) is 18.6 Å². The van der Waals surface area contributed by atoms with Gasteiger partial charge in [0.2, 0.25) is 5.91 Å². The van der Waals surface area contributed by atoms with Crippen LogP contribution in [0.2, 0.25) is 0 Å². The van der Waals surface area contributed by atoms with Gasteiger partial charge in [0.05, 0.1) is 36.8 Å². The van der Waals surface area contributed by atoms with E-state index in [9.17, 15) is 19.7 Å². The summed E-state index contributed by atoms with van der Waals surface area (Å²) in [4.78, 5) is 38.4. The van der Waals surface area contributed by atoms with Gasteiger partial charge in [-0.15, -0.1) is 0 Å². The third-order valence-corrected chi connectivity index (χ3v) is 5.51. The number of carbonyl (C=O) groups excluding carboxylic acids is 2. The molecule has 2 atom stereocenters. The molecule has 0 bridgehead atoms. The van der Waals surface area contributed by atoms with Gasteiger partial charge >= 0.3 is 0 Å². The van der Waals surface area contributed by atoms with Crippen LogP contribution in [0, 0.1) is 10.1 Å². The van der Waals surface area contributed by atoms with E-state index in [0.29, 0.717) is 6.54 Å². The molecular formula is C20H20N3O5+. The number of nitrogens with one attached hydrogen (secondary N) is 1. The number of anilines is 1. The highest BCUT2D eigenvalue weighted by Gasteiger charge is 2.47. The monoisotopic (exact) mass is 382 g/mol. The number of hydrogen-bond acceptors (Lipinski definition) is 5. The predicted molar refractivity (Wildman–Crippen MR) is 100 cm³/mol. The SMILES string of the molecule is COc1cc([N+](=O)[O-])ccc1N1C(=O)C[C@H]([NH+]2CCc3ccccc3C2)C1=O. The average molecular weight is 382 g/mol.